The fourth-order valence-corrected chi connectivity index (χ4v) is 3.09. The van der Waals surface area contributed by atoms with E-state index >= 15 is 0 Å². The Hall–Kier alpha value is -2.93. The molecule has 7 heteroatoms. The van der Waals surface area contributed by atoms with Crippen molar-refractivity contribution in [2.24, 2.45) is 0 Å². The van der Waals surface area contributed by atoms with Crippen molar-refractivity contribution in [1.29, 1.82) is 0 Å². The van der Waals surface area contributed by atoms with Crippen molar-refractivity contribution in [2.75, 3.05) is 13.7 Å². The van der Waals surface area contributed by atoms with Crippen LogP contribution in [0.1, 0.15) is 43.1 Å². The quantitative estimate of drug-likeness (QED) is 0.504. The van der Waals surface area contributed by atoms with Gasteiger partial charge in [-0.1, -0.05) is 31.0 Å². The molecule has 1 aromatic heterocycles. The highest BCUT2D eigenvalue weighted by atomic mass is 16.5. The number of quaternary nitrogens is 1. The molecular formula is C22H30N5O2+. The molecule has 0 fully saturated rings. The van der Waals surface area contributed by atoms with E-state index in [2.05, 4.69) is 33.8 Å². The van der Waals surface area contributed by atoms with Crippen LogP contribution >= 0.6 is 0 Å². The summed E-state index contributed by atoms with van der Waals surface area (Å²) in [6.07, 6.45) is 3.79. The lowest BCUT2D eigenvalue weighted by atomic mass is 10.2. The zero-order chi connectivity index (χ0) is 20.5. The van der Waals surface area contributed by atoms with Crippen molar-refractivity contribution in [3.05, 3.63) is 59.4 Å². The summed E-state index contributed by atoms with van der Waals surface area (Å²) in [5.74, 6) is 2.03. The highest BCUT2D eigenvalue weighted by molar-refractivity contribution is 5.43. The summed E-state index contributed by atoms with van der Waals surface area (Å²) in [5, 5.41) is 14.3. The molecule has 0 saturated heterocycles. The van der Waals surface area contributed by atoms with Gasteiger partial charge in [0.15, 0.2) is 23.9 Å². The molecule has 3 rings (SSSR count). The monoisotopic (exact) mass is 396 g/mol. The molecule has 0 bridgehead atoms. The zero-order valence-electron chi connectivity index (χ0n) is 17.5. The maximum Gasteiger partial charge on any atom is 0.194 e. The zero-order valence-corrected chi connectivity index (χ0v) is 17.5. The number of rotatable bonds is 11. The Bertz CT molecular complexity index is 892. The molecule has 2 N–H and O–H groups in total. The fourth-order valence-electron chi connectivity index (χ4n) is 3.09. The van der Waals surface area contributed by atoms with Gasteiger partial charge in [0.2, 0.25) is 0 Å². The van der Waals surface area contributed by atoms with Gasteiger partial charge in [-0.05, 0) is 60.5 Å². The first-order valence-corrected chi connectivity index (χ1v) is 10.2. The van der Waals surface area contributed by atoms with Crippen LogP contribution in [-0.2, 0) is 13.2 Å². The van der Waals surface area contributed by atoms with Crippen LogP contribution in [0.4, 0.5) is 0 Å². The van der Waals surface area contributed by atoms with Gasteiger partial charge in [0.05, 0.1) is 19.3 Å². The number of aryl methyl sites for hydroxylation is 1. The topological polar surface area (TPSA) is 78.7 Å². The first-order chi connectivity index (χ1) is 14.2. The molecule has 0 radical (unpaired) electrons. The molecule has 0 amide bonds. The van der Waals surface area contributed by atoms with E-state index in [1.807, 2.05) is 43.3 Å². The van der Waals surface area contributed by atoms with Crippen molar-refractivity contribution < 1.29 is 14.8 Å². The molecule has 0 aliphatic rings. The van der Waals surface area contributed by atoms with Gasteiger partial charge in [-0.2, -0.15) is 4.68 Å². The van der Waals surface area contributed by atoms with Gasteiger partial charge >= 0.3 is 0 Å². The van der Waals surface area contributed by atoms with E-state index < -0.39 is 0 Å². The minimum Gasteiger partial charge on any atom is -0.493 e. The maximum absolute atomic E-state index is 5.97. The first kappa shape index (κ1) is 20.8. The van der Waals surface area contributed by atoms with Crippen LogP contribution in [0.5, 0.6) is 11.5 Å². The smallest absolute Gasteiger partial charge is 0.194 e. The van der Waals surface area contributed by atoms with Gasteiger partial charge in [0.25, 0.3) is 0 Å². The number of nitrogens with zero attached hydrogens (tertiary/aromatic N) is 4. The second kappa shape index (κ2) is 10.6. The SMILES string of the molecule is CCCCC[NH2+]Cc1ccc(OCc2nnnn2-c2ccc(C)cc2)c(OC)c1. The Morgan fingerprint density at radius 3 is 2.62 bits per heavy atom. The number of hydrogen-bond donors (Lipinski definition) is 1. The Kier molecular flexibility index (Phi) is 7.58. The number of aromatic nitrogens is 4. The molecule has 0 spiro atoms. The second-order valence-electron chi connectivity index (χ2n) is 7.10. The average molecular weight is 397 g/mol. The third-order valence-corrected chi connectivity index (χ3v) is 4.79. The van der Waals surface area contributed by atoms with Gasteiger partial charge in [0.1, 0.15) is 6.54 Å². The summed E-state index contributed by atoms with van der Waals surface area (Å²) in [4.78, 5) is 0. The van der Waals surface area contributed by atoms with Crippen LogP contribution < -0.4 is 14.8 Å². The van der Waals surface area contributed by atoms with E-state index in [1.54, 1.807) is 11.8 Å². The third kappa shape index (κ3) is 5.77. The number of hydrogen-bond acceptors (Lipinski definition) is 5. The Morgan fingerprint density at radius 2 is 1.86 bits per heavy atom. The molecule has 0 atom stereocenters. The molecule has 154 valence electrons. The Labute approximate surface area is 172 Å². The van der Waals surface area contributed by atoms with E-state index in [1.165, 1.54) is 30.4 Å². The Balaban J connectivity index is 1.62. The summed E-state index contributed by atoms with van der Waals surface area (Å²) in [5.41, 5.74) is 3.31. The van der Waals surface area contributed by atoms with Gasteiger partial charge < -0.3 is 14.8 Å². The fraction of sp³-hybridized carbons (Fsp3) is 0.409. The van der Waals surface area contributed by atoms with E-state index in [0.29, 0.717) is 11.6 Å². The van der Waals surface area contributed by atoms with Crippen molar-refractivity contribution in [1.82, 2.24) is 20.2 Å². The predicted molar refractivity (Wildman–Crippen MR) is 111 cm³/mol. The number of benzene rings is 2. The molecule has 3 aromatic rings. The summed E-state index contributed by atoms with van der Waals surface area (Å²) in [7, 11) is 1.66. The molecule has 1 heterocycles. The van der Waals surface area contributed by atoms with Crippen molar-refractivity contribution in [3.63, 3.8) is 0 Å². The highest BCUT2D eigenvalue weighted by Gasteiger charge is 2.12. The van der Waals surface area contributed by atoms with Crippen LogP contribution in [-0.4, -0.2) is 33.9 Å². The second-order valence-corrected chi connectivity index (χ2v) is 7.10. The molecule has 0 aliphatic heterocycles. The lowest BCUT2D eigenvalue weighted by Crippen LogP contribution is -2.82. The molecule has 0 unspecified atom stereocenters. The molecule has 0 saturated carbocycles. The molecule has 7 nitrogen and oxygen atoms in total. The van der Waals surface area contributed by atoms with Crippen LogP contribution in [0, 0.1) is 6.92 Å². The lowest BCUT2D eigenvalue weighted by molar-refractivity contribution is -0.671. The van der Waals surface area contributed by atoms with Crippen molar-refractivity contribution in [2.45, 2.75) is 46.3 Å². The van der Waals surface area contributed by atoms with Crippen molar-refractivity contribution >= 4 is 0 Å². The molecular weight excluding hydrogens is 366 g/mol. The van der Waals surface area contributed by atoms with Crippen LogP contribution in [0.25, 0.3) is 5.69 Å². The minimum absolute atomic E-state index is 0.250. The number of tetrazole rings is 1. The Morgan fingerprint density at radius 1 is 1.03 bits per heavy atom. The maximum atomic E-state index is 5.97. The number of nitrogens with two attached hydrogens (primary N) is 1. The molecule has 29 heavy (non-hydrogen) atoms. The van der Waals surface area contributed by atoms with Gasteiger partial charge in [-0.15, -0.1) is 5.10 Å². The third-order valence-electron chi connectivity index (χ3n) is 4.79. The standard InChI is InChI=1S/C22H29N5O2/c1-4-5-6-13-23-15-18-9-12-20(21(14-18)28-3)29-16-22-24-25-26-27(22)19-10-7-17(2)8-11-19/h7-12,14,23H,4-6,13,15-16H2,1-3H3/p+1. The van der Waals surface area contributed by atoms with E-state index in [4.69, 9.17) is 9.47 Å². The number of methoxy groups -OCH3 is 1. The summed E-state index contributed by atoms with van der Waals surface area (Å²) in [6.45, 7) is 6.61. The average Bonchev–Trinajstić information content (AvgIpc) is 3.21. The van der Waals surface area contributed by atoms with Crippen molar-refractivity contribution in [3.8, 4) is 17.2 Å². The van der Waals surface area contributed by atoms with Crippen LogP contribution in [0.15, 0.2) is 42.5 Å². The van der Waals surface area contributed by atoms with Crippen LogP contribution in [0.2, 0.25) is 0 Å². The summed E-state index contributed by atoms with van der Waals surface area (Å²) in [6, 6.07) is 14.1. The van der Waals surface area contributed by atoms with Gasteiger partial charge in [0, 0.05) is 5.56 Å². The normalized spacial score (nSPS) is 10.9. The highest BCUT2D eigenvalue weighted by Crippen LogP contribution is 2.28. The summed E-state index contributed by atoms with van der Waals surface area (Å²) >= 11 is 0. The van der Waals surface area contributed by atoms with E-state index in [-0.39, 0.29) is 6.61 Å². The summed E-state index contributed by atoms with van der Waals surface area (Å²) < 4.78 is 13.2. The molecule has 0 aliphatic carbocycles. The van der Waals surface area contributed by atoms with Crippen LogP contribution in [0.3, 0.4) is 0 Å². The largest absolute Gasteiger partial charge is 0.493 e. The number of unbranched alkanes of at least 4 members (excludes halogenated alkanes) is 2. The van der Waals surface area contributed by atoms with Gasteiger partial charge in [-0.3, -0.25) is 0 Å². The lowest BCUT2D eigenvalue weighted by Gasteiger charge is -2.12. The molecule has 2 aromatic carbocycles. The van der Waals surface area contributed by atoms with E-state index in [0.717, 1.165) is 24.5 Å². The van der Waals surface area contributed by atoms with Gasteiger partial charge in [-0.25, -0.2) is 0 Å². The predicted octanol–water partition coefficient (Wildman–Crippen LogP) is 2.81. The number of ether oxygens (including phenoxy) is 2. The van der Waals surface area contributed by atoms with E-state index in [9.17, 15) is 0 Å². The first-order valence-electron chi connectivity index (χ1n) is 10.2. The minimum atomic E-state index is 0.250.